The number of hydrogen-bond donors (Lipinski definition) is 1. The number of ether oxygens (including phenoxy) is 1. The van der Waals surface area contributed by atoms with E-state index in [0.29, 0.717) is 0 Å². The lowest BCUT2D eigenvalue weighted by Gasteiger charge is -2.12. The van der Waals surface area contributed by atoms with Crippen LogP contribution in [0.4, 0.5) is 0 Å². The van der Waals surface area contributed by atoms with Gasteiger partial charge in [-0.2, -0.15) is 0 Å². The molecule has 0 aromatic carbocycles. The standard InChI is InChI=1S/C10H21NO/c1-12-8-4-6-10-5-2-3-7-11-9-10/h10-11H,2-9H2,1H3. The second-order valence-electron chi connectivity index (χ2n) is 3.70. The molecule has 72 valence electrons. The molecule has 0 amide bonds. The average molecular weight is 171 g/mol. The minimum atomic E-state index is 0.905. The van der Waals surface area contributed by atoms with Crippen LogP contribution in [0.25, 0.3) is 0 Å². The van der Waals surface area contributed by atoms with Crippen LogP contribution >= 0.6 is 0 Å². The van der Waals surface area contributed by atoms with Crippen molar-refractivity contribution >= 4 is 0 Å². The molecule has 1 unspecified atom stereocenters. The van der Waals surface area contributed by atoms with Gasteiger partial charge in [0.25, 0.3) is 0 Å². The molecule has 1 saturated heterocycles. The van der Waals surface area contributed by atoms with E-state index < -0.39 is 0 Å². The van der Waals surface area contributed by atoms with Crippen LogP contribution < -0.4 is 5.32 Å². The Labute approximate surface area is 75.7 Å². The Balaban J connectivity index is 2.04. The molecule has 1 rings (SSSR count). The van der Waals surface area contributed by atoms with Crippen molar-refractivity contribution in [3.63, 3.8) is 0 Å². The lowest BCUT2D eigenvalue weighted by molar-refractivity contribution is 0.186. The van der Waals surface area contributed by atoms with Crippen LogP contribution in [0.3, 0.4) is 0 Å². The predicted molar refractivity (Wildman–Crippen MR) is 51.3 cm³/mol. The number of nitrogens with one attached hydrogen (secondary N) is 1. The minimum Gasteiger partial charge on any atom is -0.385 e. The summed E-state index contributed by atoms with van der Waals surface area (Å²) in [4.78, 5) is 0. The smallest absolute Gasteiger partial charge is 0.0462 e. The second kappa shape index (κ2) is 6.44. The van der Waals surface area contributed by atoms with Crippen molar-refractivity contribution < 1.29 is 4.74 Å². The van der Waals surface area contributed by atoms with E-state index in [-0.39, 0.29) is 0 Å². The SMILES string of the molecule is COCCCC1CCCCNC1. The zero-order valence-corrected chi connectivity index (χ0v) is 8.14. The highest BCUT2D eigenvalue weighted by Gasteiger charge is 2.10. The van der Waals surface area contributed by atoms with Gasteiger partial charge in [-0.05, 0) is 44.7 Å². The van der Waals surface area contributed by atoms with Crippen molar-refractivity contribution in [3.8, 4) is 0 Å². The second-order valence-corrected chi connectivity index (χ2v) is 3.70. The molecule has 1 heterocycles. The molecule has 1 atom stereocenters. The first-order valence-electron chi connectivity index (χ1n) is 5.13. The van der Waals surface area contributed by atoms with Crippen molar-refractivity contribution in [1.29, 1.82) is 0 Å². The maximum absolute atomic E-state index is 5.04. The van der Waals surface area contributed by atoms with E-state index in [1.165, 1.54) is 45.2 Å². The molecule has 0 aromatic heterocycles. The number of rotatable bonds is 4. The Bertz CT molecular complexity index is 98.0. The normalized spacial score (nSPS) is 25.2. The molecule has 1 aliphatic rings. The van der Waals surface area contributed by atoms with Crippen LogP contribution in [-0.2, 0) is 4.74 Å². The van der Waals surface area contributed by atoms with Crippen LogP contribution in [0.2, 0.25) is 0 Å². The molecule has 0 saturated carbocycles. The number of methoxy groups -OCH3 is 1. The maximum atomic E-state index is 5.04. The third-order valence-electron chi connectivity index (χ3n) is 2.61. The molecule has 2 heteroatoms. The Hall–Kier alpha value is -0.0800. The third kappa shape index (κ3) is 4.07. The zero-order chi connectivity index (χ0) is 8.65. The van der Waals surface area contributed by atoms with Crippen LogP contribution in [0.1, 0.15) is 32.1 Å². The quantitative estimate of drug-likeness (QED) is 0.651. The van der Waals surface area contributed by atoms with Crippen LogP contribution in [-0.4, -0.2) is 26.8 Å². The molecule has 1 fully saturated rings. The summed E-state index contributed by atoms with van der Waals surface area (Å²) in [5.41, 5.74) is 0. The summed E-state index contributed by atoms with van der Waals surface area (Å²) in [6, 6.07) is 0. The third-order valence-corrected chi connectivity index (χ3v) is 2.61. The van der Waals surface area contributed by atoms with E-state index in [2.05, 4.69) is 5.32 Å². The first kappa shape index (κ1) is 10.0. The summed E-state index contributed by atoms with van der Waals surface area (Å²) < 4.78 is 5.04. The largest absolute Gasteiger partial charge is 0.385 e. The maximum Gasteiger partial charge on any atom is 0.0462 e. The van der Waals surface area contributed by atoms with E-state index in [9.17, 15) is 0 Å². The summed E-state index contributed by atoms with van der Waals surface area (Å²) in [5, 5.41) is 3.48. The molecular weight excluding hydrogens is 150 g/mol. The van der Waals surface area contributed by atoms with Gasteiger partial charge in [0.1, 0.15) is 0 Å². The number of hydrogen-bond acceptors (Lipinski definition) is 2. The fourth-order valence-electron chi connectivity index (χ4n) is 1.85. The van der Waals surface area contributed by atoms with Gasteiger partial charge in [0, 0.05) is 13.7 Å². The monoisotopic (exact) mass is 171 g/mol. The Kier molecular flexibility index (Phi) is 5.37. The topological polar surface area (TPSA) is 21.3 Å². The molecular formula is C10H21NO. The van der Waals surface area contributed by atoms with Gasteiger partial charge < -0.3 is 10.1 Å². The highest BCUT2D eigenvalue weighted by atomic mass is 16.5. The van der Waals surface area contributed by atoms with Crippen molar-refractivity contribution in [2.24, 2.45) is 5.92 Å². The summed E-state index contributed by atoms with van der Waals surface area (Å²) in [6.07, 6.45) is 6.74. The zero-order valence-electron chi connectivity index (χ0n) is 8.14. The Morgan fingerprint density at radius 2 is 2.33 bits per heavy atom. The lowest BCUT2D eigenvalue weighted by Crippen LogP contribution is -2.20. The van der Waals surface area contributed by atoms with E-state index in [4.69, 9.17) is 4.74 Å². The molecule has 12 heavy (non-hydrogen) atoms. The molecule has 0 spiro atoms. The molecule has 1 N–H and O–H groups in total. The van der Waals surface area contributed by atoms with Gasteiger partial charge in [-0.25, -0.2) is 0 Å². The fraction of sp³-hybridized carbons (Fsp3) is 1.00. The highest BCUT2D eigenvalue weighted by molar-refractivity contribution is 4.67. The summed E-state index contributed by atoms with van der Waals surface area (Å²) >= 11 is 0. The minimum absolute atomic E-state index is 0.905. The Morgan fingerprint density at radius 3 is 3.17 bits per heavy atom. The van der Waals surface area contributed by atoms with Gasteiger partial charge in [-0.15, -0.1) is 0 Å². The first-order valence-corrected chi connectivity index (χ1v) is 5.13. The average Bonchev–Trinajstić information content (AvgIpc) is 2.33. The summed E-state index contributed by atoms with van der Waals surface area (Å²) in [5.74, 6) is 0.905. The van der Waals surface area contributed by atoms with Gasteiger partial charge in [0.2, 0.25) is 0 Å². The van der Waals surface area contributed by atoms with Crippen molar-refractivity contribution in [1.82, 2.24) is 5.32 Å². The lowest BCUT2D eigenvalue weighted by atomic mass is 9.98. The van der Waals surface area contributed by atoms with E-state index in [1.807, 2.05) is 0 Å². The molecule has 0 aliphatic carbocycles. The van der Waals surface area contributed by atoms with Crippen molar-refractivity contribution in [2.75, 3.05) is 26.8 Å². The van der Waals surface area contributed by atoms with Gasteiger partial charge >= 0.3 is 0 Å². The highest BCUT2D eigenvalue weighted by Crippen LogP contribution is 2.16. The van der Waals surface area contributed by atoms with Gasteiger partial charge in [-0.1, -0.05) is 6.42 Å². The van der Waals surface area contributed by atoms with E-state index >= 15 is 0 Å². The van der Waals surface area contributed by atoms with Crippen LogP contribution in [0, 0.1) is 5.92 Å². The van der Waals surface area contributed by atoms with Gasteiger partial charge in [0.05, 0.1) is 0 Å². The molecule has 0 bridgehead atoms. The summed E-state index contributed by atoms with van der Waals surface area (Å²) in [6.45, 7) is 3.38. The van der Waals surface area contributed by atoms with Gasteiger partial charge in [0.15, 0.2) is 0 Å². The molecule has 0 aromatic rings. The molecule has 2 nitrogen and oxygen atoms in total. The fourth-order valence-corrected chi connectivity index (χ4v) is 1.85. The van der Waals surface area contributed by atoms with Crippen LogP contribution in [0.5, 0.6) is 0 Å². The van der Waals surface area contributed by atoms with E-state index in [1.54, 1.807) is 7.11 Å². The molecule has 0 radical (unpaired) electrons. The van der Waals surface area contributed by atoms with Gasteiger partial charge in [-0.3, -0.25) is 0 Å². The Morgan fingerprint density at radius 1 is 1.42 bits per heavy atom. The first-order chi connectivity index (χ1) is 5.93. The molecule has 1 aliphatic heterocycles. The van der Waals surface area contributed by atoms with Crippen LogP contribution in [0.15, 0.2) is 0 Å². The summed E-state index contributed by atoms with van der Waals surface area (Å²) in [7, 11) is 1.78. The van der Waals surface area contributed by atoms with Crippen molar-refractivity contribution in [3.05, 3.63) is 0 Å². The van der Waals surface area contributed by atoms with E-state index in [0.717, 1.165) is 12.5 Å². The van der Waals surface area contributed by atoms with Crippen molar-refractivity contribution in [2.45, 2.75) is 32.1 Å². The predicted octanol–water partition coefficient (Wildman–Crippen LogP) is 1.80.